The SMILES string of the molecule is CC(C)[C@@H]1NC(=O)[C@]2(F)[C@@H](CNC(=O)[C@H](C(C)C)NC(=O)[C@]3(F)[C@@H](CNC(=O)[C@H](C(C)C)NC(=O)[C@]4(F)[C@@H](CNC1=O)O[C@@H]1OC(C)(C)O[C@@H]14)O[C@@H]1OC(C)(C)O[C@@H]13)O[C@@H]1OC(C)(C)O[C@@H]12. The summed E-state index contributed by atoms with van der Waals surface area (Å²) in [6, 6.07) is -4.50. The molecule has 21 nitrogen and oxygen atoms in total. The zero-order valence-corrected chi connectivity index (χ0v) is 39.0. The van der Waals surface area contributed by atoms with E-state index in [0.29, 0.717) is 0 Å². The fourth-order valence-corrected chi connectivity index (χ4v) is 9.36. The molecule has 24 heteroatoms. The fourth-order valence-electron chi connectivity index (χ4n) is 9.36. The van der Waals surface area contributed by atoms with Gasteiger partial charge in [-0.3, -0.25) is 28.8 Å². The van der Waals surface area contributed by atoms with Crippen molar-refractivity contribution in [1.82, 2.24) is 31.9 Å². The van der Waals surface area contributed by atoms with Crippen LogP contribution in [0.15, 0.2) is 0 Å². The second-order valence-corrected chi connectivity index (χ2v) is 20.3. The van der Waals surface area contributed by atoms with Crippen LogP contribution in [-0.4, -0.2) is 163 Å². The zero-order chi connectivity index (χ0) is 48.9. The molecule has 7 fully saturated rings. The number of ether oxygens (including phenoxy) is 9. The molecule has 0 saturated carbocycles. The van der Waals surface area contributed by atoms with E-state index in [0.717, 1.165) is 0 Å². The zero-order valence-electron chi connectivity index (χ0n) is 39.0. The Morgan fingerprint density at radius 2 is 0.652 bits per heavy atom. The van der Waals surface area contributed by atoms with Gasteiger partial charge in [0.15, 0.2) is 54.5 Å². The number of amides is 6. The summed E-state index contributed by atoms with van der Waals surface area (Å²) in [4.78, 5) is 84.6. The van der Waals surface area contributed by atoms with Gasteiger partial charge in [0.2, 0.25) is 34.7 Å². The summed E-state index contributed by atoms with van der Waals surface area (Å²) >= 11 is 0. The first kappa shape index (κ1) is 50.1. The van der Waals surface area contributed by atoms with Crippen molar-refractivity contribution in [2.45, 2.75) is 191 Å². The number of alkyl halides is 3. The summed E-state index contributed by atoms with van der Waals surface area (Å²) in [6.45, 7) is 16.0. The van der Waals surface area contributed by atoms with Crippen LogP contribution >= 0.6 is 0 Å². The van der Waals surface area contributed by atoms with Crippen LogP contribution in [0.5, 0.6) is 0 Å². The Hall–Kier alpha value is -3.75. The fraction of sp³-hybridized carbons (Fsp3) is 0.857. The molecule has 6 amide bonds. The minimum Gasteiger partial charge on any atom is -0.352 e. The summed E-state index contributed by atoms with van der Waals surface area (Å²) < 4.78 is 105. The summed E-state index contributed by atoms with van der Waals surface area (Å²) in [5.74, 6) is -13.4. The van der Waals surface area contributed by atoms with E-state index >= 15 is 13.2 Å². The molecular weight excluding hydrogens is 885 g/mol. The normalized spacial score (nSPS) is 43.9. The number of carbonyl (C=O) groups is 6. The molecule has 0 unspecified atom stereocenters. The molecule has 7 heterocycles. The van der Waals surface area contributed by atoms with E-state index in [1.165, 1.54) is 41.5 Å². The maximum absolute atomic E-state index is 17.8. The van der Waals surface area contributed by atoms with Gasteiger partial charge >= 0.3 is 0 Å². The van der Waals surface area contributed by atoms with Crippen LogP contribution in [0.3, 0.4) is 0 Å². The van der Waals surface area contributed by atoms with Gasteiger partial charge in [-0.1, -0.05) is 41.5 Å². The second kappa shape index (κ2) is 17.3. The summed E-state index contributed by atoms with van der Waals surface area (Å²) in [6.07, 6.45) is -15.0. The lowest BCUT2D eigenvalue weighted by molar-refractivity contribution is -0.219. The van der Waals surface area contributed by atoms with Crippen molar-refractivity contribution in [2.24, 2.45) is 17.8 Å². The first-order valence-electron chi connectivity index (χ1n) is 22.3. The lowest BCUT2D eigenvalue weighted by atomic mass is 9.90. The van der Waals surface area contributed by atoms with Gasteiger partial charge in [0, 0.05) is 19.6 Å². The highest BCUT2D eigenvalue weighted by Crippen LogP contribution is 2.48. The van der Waals surface area contributed by atoms with Crippen LogP contribution in [0.25, 0.3) is 0 Å². The smallest absolute Gasteiger partial charge is 0.264 e. The molecule has 0 aromatic carbocycles. The Morgan fingerprint density at radius 3 is 0.864 bits per heavy atom. The number of hydrogen-bond donors (Lipinski definition) is 6. The molecule has 0 aliphatic carbocycles. The highest BCUT2D eigenvalue weighted by atomic mass is 19.2. The largest absolute Gasteiger partial charge is 0.352 e. The van der Waals surface area contributed by atoms with Crippen LogP contribution < -0.4 is 31.9 Å². The molecule has 372 valence electrons. The Kier molecular flexibility index (Phi) is 13.2. The molecule has 6 N–H and O–H groups in total. The Labute approximate surface area is 379 Å². The first-order chi connectivity index (χ1) is 30.4. The number of carbonyl (C=O) groups excluding carboxylic acids is 6. The van der Waals surface area contributed by atoms with Crippen LogP contribution in [0.4, 0.5) is 13.2 Å². The van der Waals surface area contributed by atoms with Crippen LogP contribution in [-0.2, 0) is 71.4 Å². The predicted molar refractivity (Wildman–Crippen MR) is 217 cm³/mol. The van der Waals surface area contributed by atoms with Crippen molar-refractivity contribution in [1.29, 1.82) is 0 Å². The number of halogens is 3. The highest BCUT2D eigenvalue weighted by molar-refractivity contribution is 5.95. The van der Waals surface area contributed by atoms with E-state index in [9.17, 15) is 28.8 Å². The lowest BCUT2D eigenvalue weighted by Gasteiger charge is -2.35. The van der Waals surface area contributed by atoms with Gasteiger partial charge in [0.25, 0.3) is 17.7 Å². The van der Waals surface area contributed by atoms with Gasteiger partial charge in [0.05, 0.1) is 0 Å². The van der Waals surface area contributed by atoms with E-state index in [1.807, 2.05) is 0 Å². The molecule has 0 radical (unpaired) electrons. The highest BCUT2D eigenvalue weighted by Gasteiger charge is 2.72. The first-order valence-corrected chi connectivity index (χ1v) is 22.3. The molecule has 7 saturated heterocycles. The van der Waals surface area contributed by atoms with Crippen molar-refractivity contribution in [3.05, 3.63) is 0 Å². The number of fused-ring (bicyclic) bond motifs is 9. The molecular formula is C42H63F3N6O15. The number of hydrogen-bond acceptors (Lipinski definition) is 15. The van der Waals surface area contributed by atoms with E-state index in [1.54, 1.807) is 41.5 Å². The van der Waals surface area contributed by atoms with Gasteiger partial charge in [-0.2, -0.15) is 0 Å². The molecule has 0 aromatic rings. The standard InChI is InChI=1S/C42H63F3N6O15/c1-16(2)22-28(52)46-13-19-41(44,26-32(58-19)65-38(9,10)62-26)35(56)50-24(18(5)6)30(54)48-15-21-42(45,27-33(60-21)66-39(11,12)63-27)36(57)51-23(17(3)4)29(53)47-14-20-40(43,34(55)49-22)25-31(59-20)64-37(7,8)61-25/h16-27,31-33H,13-15H2,1-12H3,(H,46,52)(H,47,53)(H,48,54)(H,49,55)(H,50,56)(H,51,57)/t19-,20-,21-,22+,23+,24+,25+,26+,27+,31-,32-,33-,40+,41+,42+/m1/s1. The maximum atomic E-state index is 17.8. The van der Waals surface area contributed by atoms with E-state index in [2.05, 4.69) is 31.9 Å². The predicted octanol–water partition coefficient (Wildman–Crippen LogP) is -0.475. The van der Waals surface area contributed by atoms with E-state index in [-0.39, 0.29) is 0 Å². The molecule has 7 aliphatic heterocycles. The second-order valence-electron chi connectivity index (χ2n) is 20.3. The summed E-state index contributed by atoms with van der Waals surface area (Å²) in [5.41, 5.74) is -9.42. The monoisotopic (exact) mass is 948 g/mol. The van der Waals surface area contributed by atoms with E-state index in [4.69, 9.17) is 42.6 Å². The van der Waals surface area contributed by atoms with Crippen LogP contribution in [0, 0.1) is 17.8 Å². The molecule has 0 spiro atoms. The number of nitrogens with one attached hydrogen (secondary N) is 6. The molecule has 0 aromatic heterocycles. The maximum Gasteiger partial charge on any atom is 0.264 e. The van der Waals surface area contributed by atoms with Crippen molar-refractivity contribution >= 4 is 35.4 Å². The van der Waals surface area contributed by atoms with Gasteiger partial charge < -0.3 is 74.5 Å². The minimum absolute atomic E-state index is 0.713. The molecule has 0 bridgehead atoms. The molecule has 15 atom stereocenters. The average Bonchev–Trinajstić information content (AvgIpc) is 3.99. The van der Waals surface area contributed by atoms with Gasteiger partial charge in [0.1, 0.15) is 36.4 Å². The van der Waals surface area contributed by atoms with Crippen molar-refractivity contribution < 1.29 is 84.6 Å². The number of rotatable bonds is 3. The third kappa shape index (κ3) is 8.78. The van der Waals surface area contributed by atoms with Gasteiger partial charge in [-0.15, -0.1) is 0 Å². The molecule has 7 aliphatic rings. The van der Waals surface area contributed by atoms with Crippen LogP contribution in [0.1, 0.15) is 83.1 Å². The summed E-state index contributed by atoms with van der Waals surface area (Å²) in [7, 11) is 0. The topological polar surface area (TPSA) is 258 Å². The Balaban J connectivity index is 1.25. The summed E-state index contributed by atoms with van der Waals surface area (Å²) in [5, 5.41) is 14.8. The van der Waals surface area contributed by atoms with Crippen molar-refractivity contribution in [2.75, 3.05) is 19.6 Å². The van der Waals surface area contributed by atoms with Crippen molar-refractivity contribution in [3.63, 3.8) is 0 Å². The third-order valence-electron chi connectivity index (χ3n) is 12.9. The minimum atomic E-state index is -3.14. The molecule has 66 heavy (non-hydrogen) atoms. The van der Waals surface area contributed by atoms with Gasteiger partial charge in [-0.25, -0.2) is 13.2 Å². The van der Waals surface area contributed by atoms with E-state index < -0.39 is 181 Å². The van der Waals surface area contributed by atoms with Crippen molar-refractivity contribution in [3.8, 4) is 0 Å². The lowest BCUT2D eigenvalue weighted by Crippen LogP contribution is -2.65. The average molecular weight is 949 g/mol. The Bertz CT molecular complexity index is 1750. The van der Waals surface area contributed by atoms with Gasteiger partial charge in [-0.05, 0) is 59.3 Å². The Morgan fingerprint density at radius 1 is 0.424 bits per heavy atom. The molecule has 7 rings (SSSR count). The van der Waals surface area contributed by atoms with Crippen LogP contribution in [0.2, 0.25) is 0 Å². The third-order valence-corrected chi connectivity index (χ3v) is 12.9. The quantitative estimate of drug-likeness (QED) is 0.209.